The van der Waals surface area contributed by atoms with E-state index in [0.29, 0.717) is 25.4 Å². The molecule has 1 heterocycles. The van der Waals surface area contributed by atoms with Crippen LogP contribution in [0.5, 0.6) is 0 Å². The Labute approximate surface area is 104 Å². The first-order valence-electron chi connectivity index (χ1n) is 6.36. The smallest absolute Gasteiger partial charge is 0.410 e. The summed E-state index contributed by atoms with van der Waals surface area (Å²) in [4.78, 5) is 13.6. The van der Waals surface area contributed by atoms with E-state index >= 15 is 0 Å². The van der Waals surface area contributed by atoms with E-state index in [1.54, 1.807) is 4.90 Å². The molecule has 1 N–H and O–H groups in total. The Bertz CT molecular complexity index is 270. The molecule has 0 aromatic rings. The predicted octanol–water partition coefficient (Wildman–Crippen LogP) is 2.26. The lowest BCUT2D eigenvalue weighted by Crippen LogP contribution is -2.49. The van der Waals surface area contributed by atoms with Crippen molar-refractivity contribution in [3.05, 3.63) is 0 Å². The molecule has 17 heavy (non-hydrogen) atoms. The van der Waals surface area contributed by atoms with Gasteiger partial charge in [0, 0.05) is 19.0 Å². The maximum Gasteiger partial charge on any atom is 0.410 e. The van der Waals surface area contributed by atoms with E-state index in [4.69, 9.17) is 4.74 Å². The van der Waals surface area contributed by atoms with Gasteiger partial charge in [-0.2, -0.15) is 0 Å². The summed E-state index contributed by atoms with van der Waals surface area (Å²) in [6.07, 6.45) is 0.0750. The van der Waals surface area contributed by atoms with Crippen LogP contribution in [-0.2, 0) is 4.74 Å². The van der Waals surface area contributed by atoms with Gasteiger partial charge in [0.2, 0.25) is 0 Å². The average molecular weight is 243 g/mol. The number of piperidine rings is 1. The van der Waals surface area contributed by atoms with Crippen LogP contribution in [0.3, 0.4) is 0 Å². The first-order chi connectivity index (χ1) is 7.70. The van der Waals surface area contributed by atoms with E-state index < -0.39 is 5.60 Å². The number of aliphatic hydroxyl groups excluding tert-OH is 1. The van der Waals surface area contributed by atoms with Crippen molar-refractivity contribution in [1.29, 1.82) is 0 Å². The third-order valence-corrected chi connectivity index (χ3v) is 3.13. The zero-order valence-corrected chi connectivity index (χ0v) is 11.6. The highest BCUT2D eigenvalue weighted by atomic mass is 16.6. The van der Waals surface area contributed by atoms with Gasteiger partial charge in [0.1, 0.15) is 5.60 Å². The van der Waals surface area contributed by atoms with Crippen LogP contribution in [0.25, 0.3) is 0 Å². The number of aliphatic hydroxyl groups is 1. The number of likely N-dealkylation sites (tertiary alicyclic amines) is 1. The van der Waals surface area contributed by atoms with Gasteiger partial charge in [0.05, 0.1) is 6.10 Å². The molecule has 0 bridgehead atoms. The fraction of sp³-hybridized carbons (Fsp3) is 0.923. The Balaban J connectivity index is 2.59. The molecule has 0 spiro atoms. The molecule has 1 amide bonds. The van der Waals surface area contributed by atoms with Crippen LogP contribution in [-0.4, -0.2) is 40.9 Å². The summed E-state index contributed by atoms with van der Waals surface area (Å²) >= 11 is 0. The van der Waals surface area contributed by atoms with Gasteiger partial charge in [0.25, 0.3) is 0 Å². The van der Waals surface area contributed by atoms with Crippen molar-refractivity contribution in [2.75, 3.05) is 13.1 Å². The number of carbonyl (C=O) groups excluding carboxylic acids is 1. The lowest BCUT2D eigenvalue weighted by Gasteiger charge is -2.38. The molecule has 0 saturated carbocycles. The molecule has 100 valence electrons. The number of nitrogens with zero attached hydrogens (tertiary/aromatic N) is 1. The monoisotopic (exact) mass is 243 g/mol. The molecule has 1 aliphatic rings. The Morgan fingerprint density at radius 1 is 1.41 bits per heavy atom. The number of carbonyl (C=O) groups is 1. The average Bonchev–Trinajstić information content (AvgIpc) is 2.14. The van der Waals surface area contributed by atoms with Crippen LogP contribution in [0.2, 0.25) is 0 Å². The van der Waals surface area contributed by atoms with E-state index in [0.717, 1.165) is 0 Å². The Morgan fingerprint density at radius 3 is 2.47 bits per heavy atom. The summed E-state index contributed by atoms with van der Waals surface area (Å²) in [5.74, 6) is 0.520. The molecule has 1 saturated heterocycles. The molecule has 0 aromatic heterocycles. The van der Waals surface area contributed by atoms with Gasteiger partial charge >= 0.3 is 6.09 Å². The second kappa shape index (κ2) is 5.25. The summed E-state index contributed by atoms with van der Waals surface area (Å²) in [5.41, 5.74) is -0.458. The minimum absolute atomic E-state index is 0.149. The maximum atomic E-state index is 11.9. The van der Waals surface area contributed by atoms with Crippen molar-refractivity contribution < 1.29 is 14.6 Å². The zero-order valence-electron chi connectivity index (χ0n) is 11.6. The molecule has 0 aromatic carbocycles. The molecule has 1 rings (SSSR count). The van der Waals surface area contributed by atoms with Crippen molar-refractivity contribution in [3.8, 4) is 0 Å². The van der Waals surface area contributed by atoms with Crippen LogP contribution in [0, 0.1) is 11.8 Å². The Morgan fingerprint density at radius 2 is 2.00 bits per heavy atom. The molecule has 0 radical (unpaired) electrons. The van der Waals surface area contributed by atoms with Gasteiger partial charge in [-0.15, -0.1) is 0 Å². The Kier molecular flexibility index (Phi) is 4.42. The van der Waals surface area contributed by atoms with Crippen LogP contribution in [0.1, 0.15) is 41.0 Å². The molecule has 2 unspecified atom stereocenters. The summed E-state index contributed by atoms with van der Waals surface area (Å²) in [6, 6.07) is 0. The third-order valence-electron chi connectivity index (χ3n) is 3.13. The molecule has 0 aliphatic carbocycles. The quantitative estimate of drug-likeness (QED) is 0.768. The predicted molar refractivity (Wildman–Crippen MR) is 66.8 cm³/mol. The lowest BCUT2D eigenvalue weighted by atomic mass is 9.85. The third kappa shape index (κ3) is 4.19. The van der Waals surface area contributed by atoms with Gasteiger partial charge in [0.15, 0.2) is 0 Å². The fourth-order valence-electron chi connectivity index (χ4n) is 2.12. The second-order valence-corrected chi connectivity index (χ2v) is 6.19. The number of rotatable bonds is 1. The number of hydrogen-bond donors (Lipinski definition) is 1. The molecule has 4 heteroatoms. The Hall–Kier alpha value is -0.770. The molecule has 1 fully saturated rings. The van der Waals surface area contributed by atoms with Gasteiger partial charge in [-0.1, -0.05) is 13.8 Å². The maximum absolute atomic E-state index is 11.9. The minimum Gasteiger partial charge on any atom is -0.444 e. The van der Waals surface area contributed by atoms with Crippen molar-refractivity contribution in [2.24, 2.45) is 11.8 Å². The highest BCUT2D eigenvalue weighted by molar-refractivity contribution is 5.68. The minimum atomic E-state index is -0.458. The van der Waals surface area contributed by atoms with E-state index in [9.17, 15) is 9.90 Å². The van der Waals surface area contributed by atoms with E-state index in [2.05, 4.69) is 13.8 Å². The van der Waals surface area contributed by atoms with Crippen LogP contribution in [0.15, 0.2) is 0 Å². The van der Waals surface area contributed by atoms with Crippen LogP contribution < -0.4 is 0 Å². The van der Waals surface area contributed by atoms with Gasteiger partial charge in [-0.3, -0.25) is 0 Å². The van der Waals surface area contributed by atoms with Crippen molar-refractivity contribution >= 4 is 6.09 Å². The largest absolute Gasteiger partial charge is 0.444 e. The SMILES string of the molecule is CC(C)C1CN(C(=O)OC(C)(C)C)CCC1O. The normalized spacial score (nSPS) is 26.2. The van der Waals surface area contributed by atoms with Crippen LogP contribution in [0.4, 0.5) is 4.79 Å². The summed E-state index contributed by atoms with van der Waals surface area (Å²) in [6.45, 7) is 10.9. The molecular weight excluding hydrogens is 218 g/mol. The first kappa shape index (κ1) is 14.3. The summed E-state index contributed by atoms with van der Waals surface area (Å²) in [7, 11) is 0. The van der Waals surface area contributed by atoms with Crippen LogP contribution >= 0.6 is 0 Å². The summed E-state index contributed by atoms with van der Waals surface area (Å²) in [5, 5.41) is 9.89. The van der Waals surface area contributed by atoms with Gasteiger partial charge < -0.3 is 14.7 Å². The van der Waals surface area contributed by atoms with Gasteiger partial charge in [-0.05, 0) is 33.1 Å². The molecular formula is C13H25NO3. The second-order valence-electron chi connectivity index (χ2n) is 6.19. The fourth-order valence-corrected chi connectivity index (χ4v) is 2.12. The number of ether oxygens (including phenoxy) is 1. The molecule has 1 aliphatic heterocycles. The van der Waals surface area contributed by atoms with Crippen molar-refractivity contribution in [3.63, 3.8) is 0 Å². The number of hydrogen-bond acceptors (Lipinski definition) is 3. The standard InChI is InChI=1S/C13H25NO3/c1-9(2)10-8-14(7-6-11(10)15)12(16)17-13(3,4)5/h9-11,15H,6-8H2,1-5H3. The van der Waals surface area contributed by atoms with Crippen molar-refractivity contribution in [2.45, 2.75) is 52.7 Å². The topological polar surface area (TPSA) is 49.8 Å². The highest BCUT2D eigenvalue weighted by Crippen LogP contribution is 2.25. The first-order valence-corrected chi connectivity index (χ1v) is 6.36. The van der Waals surface area contributed by atoms with E-state index in [1.807, 2.05) is 20.8 Å². The molecule has 4 nitrogen and oxygen atoms in total. The van der Waals surface area contributed by atoms with E-state index in [-0.39, 0.29) is 18.1 Å². The van der Waals surface area contributed by atoms with Gasteiger partial charge in [-0.25, -0.2) is 4.79 Å². The van der Waals surface area contributed by atoms with Crippen molar-refractivity contribution in [1.82, 2.24) is 4.90 Å². The lowest BCUT2D eigenvalue weighted by molar-refractivity contribution is -0.0181. The summed E-state index contributed by atoms with van der Waals surface area (Å²) < 4.78 is 5.35. The van der Waals surface area contributed by atoms with E-state index in [1.165, 1.54) is 0 Å². The highest BCUT2D eigenvalue weighted by Gasteiger charge is 2.33. The molecule has 2 atom stereocenters. The number of amides is 1. The zero-order chi connectivity index (χ0) is 13.2.